The summed E-state index contributed by atoms with van der Waals surface area (Å²) >= 11 is 0. The Morgan fingerprint density at radius 3 is 2.91 bits per heavy atom. The summed E-state index contributed by atoms with van der Waals surface area (Å²) in [5.74, 6) is 0.461. The van der Waals surface area contributed by atoms with Gasteiger partial charge in [0.15, 0.2) is 5.65 Å². The van der Waals surface area contributed by atoms with Gasteiger partial charge in [0.1, 0.15) is 12.3 Å². The number of alkyl halides is 1. The molecular weight excluding hydrogens is 289 g/mol. The number of aromatic nitrogens is 3. The van der Waals surface area contributed by atoms with E-state index in [1.165, 1.54) is 0 Å². The summed E-state index contributed by atoms with van der Waals surface area (Å²) in [5.41, 5.74) is 5.94. The van der Waals surface area contributed by atoms with Gasteiger partial charge >= 0.3 is 6.09 Å². The largest absolute Gasteiger partial charge is 0.443 e. The van der Waals surface area contributed by atoms with Crippen LogP contribution >= 0.6 is 0 Å². The van der Waals surface area contributed by atoms with Gasteiger partial charge in [0.2, 0.25) is 5.95 Å². The average Bonchev–Trinajstić information content (AvgIpc) is 2.79. The molecule has 0 fully saturated rings. The molecule has 2 N–H and O–H groups in total. The highest BCUT2D eigenvalue weighted by Gasteiger charge is 2.22. The average molecular weight is 309 g/mol. The SMILES string of the molecule is CN(CCF)c1nc2cc(CC(C)(C)OC(N)=O)ccn2n1. The Hall–Kier alpha value is -2.38. The number of primary amides is 1. The monoisotopic (exact) mass is 309 g/mol. The zero-order chi connectivity index (χ0) is 16.3. The van der Waals surface area contributed by atoms with Gasteiger partial charge in [-0.25, -0.2) is 13.7 Å². The van der Waals surface area contributed by atoms with E-state index in [1.54, 1.807) is 36.5 Å². The van der Waals surface area contributed by atoms with Crippen molar-refractivity contribution in [3.05, 3.63) is 23.9 Å². The van der Waals surface area contributed by atoms with Crippen LogP contribution in [0.15, 0.2) is 18.3 Å². The minimum Gasteiger partial charge on any atom is -0.443 e. The number of fused-ring (bicyclic) bond motifs is 1. The summed E-state index contributed by atoms with van der Waals surface area (Å²) in [6, 6.07) is 3.72. The molecule has 0 aromatic carbocycles. The number of carbonyl (C=O) groups is 1. The summed E-state index contributed by atoms with van der Waals surface area (Å²) in [4.78, 5) is 16.9. The van der Waals surface area contributed by atoms with Crippen LogP contribution in [0, 0.1) is 0 Å². The Bertz CT molecular complexity index is 670. The van der Waals surface area contributed by atoms with Gasteiger partial charge < -0.3 is 15.4 Å². The Balaban J connectivity index is 2.21. The summed E-state index contributed by atoms with van der Waals surface area (Å²) < 4.78 is 19.1. The fourth-order valence-electron chi connectivity index (χ4n) is 2.21. The normalized spacial score (nSPS) is 11.6. The van der Waals surface area contributed by atoms with E-state index in [0.717, 1.165) is 5.56 Å². The first-order chi connectivity index (χ1) is 10.3. The second-order valence-corrected chi connectivity index (χ2v) is 5.72. The third-order valence-electron chi connectivity index (χ3n) is 3.16. The van der Waals surface area contributed by atoms with Gasteiger partial charge in [-0.05, 0) is 31.5 Å². The molecule has 2 aromatic heterocycles. The van der Waals surface area contributed by atoms with Crippen molar-refractivity contribution in [2.75, 3.05) is 25.2 Å². The minimum absolute atomic E-state index is 0.239. The molecular formula is C14H20FN5O2. The topological polar surface area (TPSA) is 85.8 Å². The Morgan fingerprint density at radius 2 is 2.27 bits per heavy atom. The van der Waals surface area contributed by atoms with Crippen molar-refractivity contribution >= 4 is 17.7 Å². The summed E-state index contributed by atoms with van der Waals surface area (Å²) in [5, 5.41) is 4.28. The number of hydrogen-bond donors (Lipinski definition) is 1. The van der Waals surface area contributed by atoms with Gasteiger partial charge in [-0.15, -0.1) is 5.10 Å². The van der Waals surface area contributed by atoms with E-state index in [4.69, 9.17) is 10.5 Å². The van der Waals surface area contributed by atoms with Crippen LogP contribution in [-0.2, 0) is 11.2 Å². The van der Waals surface area contributed by atoms with Crippen LogP contribution < -0.4 is 10.6 Å². The molecule has 1 amide bonds. The van der Waals surface area contributed by atoms with Crippen molar-refractivity contribution in [1.29, 1.82) is 0 Å². The number of halogens is 1. The molecule has 8 heteroatoms. The number of ether oxygens (including phenoxy) is 1. The maximum atomic E-state index is 12.4. The number of anilines is 1. The van der Waals surface area contributed by atoms with Crippen molar-refractivity contribution < 1.29 is 13.9 Å². The quantitative estimate of drug-likeness (QED) is 0.875. The molecule has 0 aliphatic carbocycles. The highest BCUT2D eigenvalue weighted by atomic mass is 19.1. The van der Waals surface area contributed by atoms with Crippen LogP contribution in [-0.4, -0.2) is 46.6 Å². The molecule has 0 atom stereocenters. The lowest BCUT2D eigenvalue weighted by Gasteiger charge is -2.23. The standard InChI is InChI=1S/C14H20FN5O2/c1-14(2,22-12(16)21)9-10-4-6-20-11(8-10)17-13(18-20)19(3)7-5-15/h4,6,8H,5,7,9H2,1-3H3,(H2,16,21). The fraction of sp³-hybridized carbons (Fsp3) is 0.500. The van der Waals surface area contributed by atoms with Crippen LogP contribution in [0.3, 0.4) is 0 Å². The van der Waals surface area contributed by atoms with Crippen LogP contribution in [0.5, 0.6) is 0 Å². The fourth-order valence-corrected chi connectivity index (χ4v) is 2.21. The number of amides is 1. The Kier molecular flexibility index (Phi) is 4.48. The van der Waals surface area contributed by atoms with Crippen LogP contribution in [0.1, 0.15) is 19.4 Å². The summed E-state index contributed by atoms with van der Waals surface area (Å²) in [6.07, 6.45) is 1.46. The van der Waals surface area contributed by atoms with Gasteiger partial charge in [-0.3, -0.25) is 0 Å². The minimum atomic E-state index is -0.802. The molecule has 7 nitrogen and oxygen atoms in total. The van der Waals surface area contributed by atoms with Gasteiger partial charge in [0, 0.05) is 26.2 Å². The molecule has 0 radical (unpaired) electrons. The lowest BCUT2D eigenvalue weighted by atomic mass is 9.99. The zero-order valence-corrected chi connectivity index (χ0v) is 12.9. The smallest absolute Gasteiger partial charge is 0.405 e. The molecule has 0 bridgehead atoms. The van der Waals surface area contributed by atoms with Crippen molar-refractivity contribution in [2.24, 2.45) is 5.73 Å². The van der Waals surface area contributed by atoms with Crippen LogP contribution in [0.25, 0.3) is 5.65 Å². The molecule has 0 unspecified atom stereocenters. The van der Waals surface area contributed by atoms with Gasteiger partial charge in [-0.2, -0.15) is 4.98 Å². The van der Waals surface area contributed by atoms with E-state index in [2.05, 4.69) is 10.1 Å². The van der Waals surface area contributed by atoms with Crippen molar-refractivity contribution in [3.63, 3.8) is 0 Å². The maximum absolute atomic E-state index is 12.4. The number of rotatable bonds is 6. The molecule has 0 spiro atoms. The van der Waals surface area contributed by atoms with E-state index >= 15 is 0 Å². The molecule has 0 aliphatic rings. The second kappa shape index (κ2) is 6.17. The van der Waals surface area contributed by atoms with E-state index in [1.807, 2.05) is 12.1 Å². The highest BCUT2D eigenvalue weighted by molar-refractivity contribution is 5.65. The van der Waals surface area contributed by atoms with E-state index in [-0.39, 0.29) is 6.54 Å². The maximum Gasteiger partial charge on any atom is 0.405 e. The van der Waals surface area contributed by atoms with Crippen molar-refractivity contribution in [3.8, 4) is 0 Å². The molecule has 120 valence electrons. The first kappa shape index (κ1) is 16.0. The molecule has 0 aliphatic heterocycles. The number of carbonyl (C=O) groups excluding carboxylic acids is 1. The third kappa shape index (κ3) is 3.84. The number of hydrogen-bond acceptors (Lipinski definition) is 5. The van der Waals surface area contributed by atoms with E-state index < -0.39 is 18.4 Å². The van der Waals surface area contributed by atoms with E-state index in [9.17, 15) is 9.18 Å². The summed E-state index contributed by atoms with van der Waals surface area (Å²) in [7, 11) is 1.74. The van der Waals surface area contributed by atoms with Gasteiger partial charge in [0.25, 0.3) is 0 Å². The third-order valence-corrected chi connectivity index (χ3v) is 3.16. The van der Waals surface area contributed by atoms with Gasteiger partial charge in [0.05, 0.1) is 0 Å². The lowest BCUT2D eigenvalue weighted by Crippen LogP contribution is -2.33. The molecule has 2 aromatic rings. The Morgan fingerprint density at radius 1 is 1.55 bits per heavy atom. The predicted octanol–water partition coefficient (Wildman–Crippen LogP) is 1.55. The first-order valence-electron chi connectivity index (χ1n) is 6.91. The highest BCUT2D eigenvalue weighted by Crippen LogP contribution is 2.19. The molecule has 22 heavy (non-hydrogen) atoms. The number of nitrogens with zero attached hydrogens (tertiary/aromatic N) is 4. The van der Waals surface area contributed by atoms with E-state index in [0.29, 0.717) is 18.0 Å². The number of pyridine rings is 1. The zero-order valence-electron chi connectivity index (χ0n) is 12.9. The van der Waals surface area contributed by atoms with Crippen LogP contribution in [0.4, 0.5) is 15.1 Å². The molecule has 0 saturated heterocycles. The first-order valence-corrected chi connectivity index (χ1v) is 6.91. The molecule has 2 heterocycles. The molecule has 2 rings (SSSR count). The Labute approximate surface area is 127 Å². The van der Waals surface area contributed by atoms with Crippen molar-refractivity contribution in [1.82, 2.24) is 14.6 Å². The van der Waals surface area contributed by atoms with Crippen LogP contribution in [0.2, 0.25) is 0 Å². The predicted molar refractivity (Wildman–Crippen MR) is 80.7 cm³/mol. The summed E-state index contributed by atoms with van der Waals surface area (Å²) in [6.45, 7) is 3.34. The van der Waals surface area contributed by atoms with Gasteiger partial charge in [-0.1, -0.05) is 0 Å². The lowest BCUT2D eigenvalue weighted by molar-refractivity contribution is 0.0460. The number of nitrogens with two attached hydrogens (primary N) is 1. The second-order valence-electron chi connectivity index (χ2n) is 5.72. The molecule has 0 saturated carbocycles. The van der Waals surface area contributed by atoms with Crippen molar-refractivity contribution in [2.45, 2.75) is 25.9 Å².